The van der Waals surface area contributed by atoms with Crippen molar-refractivity contribution in [3.8, 4) is 0 Å². The number of hydrogen-bond acceptors (Lipinski definition) is 2. The van der Waals surface area contributed by atoms with Gasteiger partial charge in [-0.1, -0.05) is 40.9 Å². The number of anilines is 2. The molecule has 0 saturated carbocycles. The molecule has 0 atom stereocenters. The molecule has 4 heteroatoms. The van der Waals surface area contributed by atoms with Crippen molar-refractivity contribution in [1.29, 1.82) is 0 Å². The van der Waals surface area contributed by atoms with Gasteiger partial charge >= 0.3 is 0 Å². The van der Waals surface area contributed by atoms with Crippen LogP contribution in [0, 0.1) is 13.8 Å². The molecule has 0 aliphatic rings. The third kappa shape index (κ3) is 4.06. The summed E-state index contributed by atoms with van der Waals surface area (Å²) in [6.45, 7) is 5.82. The minimum Gasteiger partial charge on any atom is -0.383 e. The maximum Gasteiger partial charge on any atom is 0.0652 e. The SMILES string of the molecule is Cc1ccc(NCCNc2ccc(Cl)cc2Cl)c(C)c1. The molecule has 0 aromatic heterocycles. The smallest absolute Gasteiger partial charge is 0.0652 e. The van der Waals surface area contributed by atoms with Crippen molar-refractivity contribution in [2.75, 3.05) is 23.7 Å². The van der Waals surface area contributed by atoms with Gasteiger partial charge in [0.05, 0.1) is 10.7 Å². The van der Waals surface area contributed by atoms with Gasteiger partial charge in [-0.05, 0) is 43.7 Å². The Bertz CT molecular complexity index is 544. The second kappa shape index (κ2) is 6.87. The average molecular weight is 309 g/mol. The number of benzene rings is 2. The van der Waals surface area contributed by atoms with Crippen molar-refractivity contribution >= 4 is 34.6 Å². The minimum absolute atomic E-state index is 0.643. The normalized spacial score (nSPS) is 10.4. The molecule has 2 aromatic rings. The molecule has 2 rings (SSSR count). The zero-order chi connectivity index (χ0) is 14.5. The Hall–Kier alpha value is -1.38. The van der Waals surface area contributed by atoms with Crippen molar-refractivity contribution in [2.45, 2.75) is 13.8 Å². The Morgan fingerprint density at radius 1 is 0.850 bits per heavy atom. The number of aryl methyl sites for hydroxylation is 2. The van der Waals surface area contributed by atoms with Crippen LogP contribution in [0.1, 0.15) is 11.1 Å². The summed E-state index contributed by atoms with van der Waals surface area (Å²) in [7, 11) is 0. The molecule has 0 heterocycles. The number of nitrogens with one attached hydrogen (secondary N) is 2. The van der Waals surface area contributed by atoms with Gasteiger partial charge in [-0.3, -0.25) is 0 Å². The summed E-state index contributed by atoms with van der Waals surface area (Å²) in [5.41, 5.74) is 4.60. The molecular formula is C16H18Cl2N2. The van der Waals surface area contributed by atoms with Crippen molar-refractivity contribution in [3.05, 3.63) is 57.6 Å². The Morgan fingerprint density at radius 3 is 2.15 bits per heavy atom. The lowest BCUT2D eigenvalue weighted by molar-refractivity contribution is 1.07. The fourth-order valence-electron chi connectivity index (χ4n) is 2.04. The van der Waals surface area contributed by atoms with E-state index in [1.807, 2.05) is 12.1 Å². The molecule has 0 spiro atoms. The second-order valence-corrected chi connectivity index (χ2v) is 5.64. The standard InChI is InChI=1S/C16H18Cl2N2/c1-11-3-5-15(12(2)9-11)19-7-8-20-16-6-4-13(17)10-14(16)18/h3-6,9-10,19-20H,7-8H2,1-2H3. The van der Waals surface area contributed by atoms with E-state index in [9.17, 15) is 0 Å². The fraction of sp³-hybridized carbons (Fsp3) is 0.250. The van der Waals surface area contributed by atoms with E-state index >= 15 is 0 Å². The van der Waals surface area contributed by atoms with E-state index in [-0.39, 0.29) is 0 Å². The van der Waals surface area contributed by atoms with Crippen LogP contribution < -0.4 is 10.6 Å². The maximum atomic E-state index is 6.10. The lowest BCUT2D eigenvalue weighted by Gasteiger charge is -2.12. The van der Waals surface area contributed by atoms with Crippen LogP contribution in [0.4, 0.5) is 11.4 Å². The van der Waals surface area contributed by atoms with Crippen molar-refractivity contribution < 1.29 is 0 Å². The molecule has 2 nitrogen and oxygen atoms in total. The molecule has 0 amide bonds. The van der Waals surface area contributed by atoms with E-state index < -0.39 is 0 Å². The Morgan fingerprint density at radius 2 is 1.50 bits per heavy atom. The highest BCUT2D eigenvalue weighted by Gasteiger charge is 2.01. The predicted molar refractivity (Wildman–Crippen MR) is 89.4 cm³/mol. The quantitative estimate of drug-likeness (QED) is 0.748. The average Bonchev–Trinajstić information content (AvgIpc) is 2.39. The van der Waals surface area contributed by atoms with Crippen LogP contribution in [0.3, 0.4) is 0 Å². The molecule has 2 N–H and O–H groups in total. The Balaban J connectivity index is 1.84. The monoisotopic (exact) mass is 308 g/mol. The van der Waals surface area contributed by atoms with Crippen molar-refractivity contribution in [1.82, 2.24) is 0 Å². The van der Waals surface area contributed by atoms with E-state index in [1.54, 1.807) is 6.07 Å². The van der Waals surface area contributed by atoms with Crippen LogP contribution in [-0.2, 0) is 0 Å². The Labute approximate surface area is 130 Å². The molecule has 106 valence electrons. The van der Waals surface area contributed by atoms with Gasteiger partial charge < -0.3 is 10.6 Å². The first-order valence-corrected chi connectivity index (χ1v) is 7.32. The fourth-order valence-corrected chi connectivity index (χ4v) is 2.51. The molecule has 0 bridgehead atoms. The van der Waals surface area contributed by atoms with Crippen molar-refractivity contribution in [2.24, 2.45) is 0 Å². The van der Waals surface area contributed by atoms with Gasteiger partial charge in [-0.2, -0.15) is 0 Å². The van der Waals surface area contributed by atoms with Gasteiger partial charge in [0.15, 0.2) is 0 Å². The first-order chi connectivity index (χ1) is 9.56. The third-order valence-corrected chi connectivity index (χ3v) is 3.62. The highest BCUT2D eigenvalue weighted by Crippen LogP contribution is 2.25. The van der Waals surface area contributed by atoms with Crippen molar-refractivity contribution in [3.63, 3.8) is 0 Å². The topological polar surface area (TPSA) is 24.1 Å². The predicted octanol–water partition coefficient (Wildman–Crippen LogP) is 5.13. The van der Waals surface area contributed by atoms with Gasteiger partial charge in [0.2, 0.25) is 0 Å². The molecule has 0 unspecified atom stereocenters. The Kier molecular flexibility index (Phi) is 5.16. The van der Waals surface area contributed by atoms with E-state index in [0.717, 1.165) is 18.8 Å². The molecule has 0 saturated heterocycles. The highest BCUT2D eigenvalue weighted by molar-refractivity contribution is 6.36. The molecule has 0 fully saturated rings. The summed E-state index contributed by atoms with van der Waals surface area (Å²) in [5, 5.41) is 7.99. The van der Waals surface area contributed by atoms with Gasteiger partial charge in [-0.15, -0.1) is 0 Å². The van der Waals surface area contributed by atoms with E-state index in [0.29, 0.717) is 10.0 Å². The van der Waals surface area contributed by atoms with Gasteiger partial charge in [0, 0.05) is 23.8 Å². The lowest BCUT2D eigenvalue weighted by atomic mass is 10.1. The largest absolute Gasteiger partial charge is 0.383 e. The summed E-state index contributed by atoms with van der Waals surface area (Å²) < 4.78 is 0. The van der Waals surface area contributed by atoms with Crippen LogP contribution in [0.5, 0.6) is 0 Å². The molecule has 0 aliphatic carbocycles. The van der Waals surface area contributed by atoms with Crippen LogP contribution in [0.25, 0.3) is 0 Å². The minimum atomic E-state index is 0.643. The van der Waals surface area contributed by atoms with Crippen LogP contribution in [0.15, 0.2) is 36.4 Å². The van der Waals surface area contributed by atoms with Gasteiger partial charge in [-0.25, -0.2) is 0 Å². The maximum absolute atomic E-state index is 6.10. The molecular weight excluding hydrogens is 291 g/mol. The first kappa shape index (κ1) is 15.0. The first-order valence-electron chi connectivity index (χ1n) is 6.56. The number of rotatable bonds is 5. The van der Waals surface area contributed by atoms with E-state index in [4.69, 9.17) is 23.2 Å². The summed E-state index contributed by atoms with van der Waals surface area (Å²) in [6.07, 6.45) is 0. The molecule has 0 aliphatic heterocycles. The summed E-state index contributed by atoms with van der Waals surface area (Å²) in [4.78, 5) is 0. The van der Waals surface area contributed by atoms with Crippen LogP contribution in [0.2, 0.25) is 10.0 Å². The molecule has 0 radical (unpaired) electrons. The zero-order valence-corrected chi connectivity index (χ0v) is 13.1. The lowest BCUT2D eigenvalue weighted by Crippen LogP contribution is -2.14. The summed E-state index contributed by atoms with van der Waals surface area (Å²) >= 11 is 12.0. The van der Waals surface area contributed by atoms with E-state index in [1.165, 1.54) is 16.8 Å². The van der Waals surface area contributed by atoms with Gasteiger partial charge in [0.1, 0.15) is 0 Å². The molecule has 20 heavy (non-hydrogen) atoms. The van der Waals surface area contributed by atoms with Crippen LogP contribution >= 0.6 is 23.2 Å². The second-order valence-electron chi connectivity index (χ2n) is 4.80. The zero-order valence-electron chi connectivity index (χ0n) is 11.6. The summed E-state index contributed by atoms with van der Waals surface area (Å²) in [5.74, 6) is 0. The van der Waals surface area contributed by atoms with E-state index in [2.05, 4.69) is 42.7 Å². The van der Waals surface area contributed by atoms with Gasteiger partial charge in [0.25, 0.3) is 0 Å². The van der Waals surface area contributed by atoms with Crippen LogP contribution in [-0.4, -0.2) is 13.1 Å². The number of hydrogen-bond donors (Lipinski definition) is 2. The summed E-state index contributed by atoms with van der Waals surface area (Å²) in [6, 6.07) is 11.8. The number of halogens is 2. The molecule has 2 aromatic carbocycles. The highest BCUT2D eigenvalue weighted by atomic mass is 35.5. The third-order valence-electron chi connectivity index (χ3n) is 3.07.